The van der Waals surface area contributed by atoms with Gasteiger partial charge in [-0.1, -0.05) is 309 Å². The molecule has 0 unspecified atom stereocenters. The minimum atomic E-state index is 0.915. The third-order valence-corrected chi connectivity index (χ3v) is 28.6. The summed E-state index contributed by atoms with van der Waals surface area (Å²) in [5.74, 6) is 0. The molecular formula is C123H72N4S. The minimum absolute atomic E-state index is 0.915. The molecule has 23 aromatic carbocycles. The molecule has 0 spiro atoms. The van der Waals surface area contributed by atoms with Gasteiger partial charge in [0.1, 0.15) is 0 Å². The predicted molar refractivity (Wildman–Crippen MR) is 546 cm³/mol. The van der Waals surface area contributed by atoms with Gasteiger partial charge < -0.3 is 4.57 Å². The first kappa shape index (κ1) is 71.9. The van der Waals surface area contributed by atoms with Gasteiger partial charge in [-0.25, -0.2) is 0 Å². The number of aromatic nitrogens is 4. The summed E-state index contributed by atoms with van der Waals surface area (Å²) in [6.45, 7) is 0. The highest BCUT2D eigenvalue weighted by molar-refractivity contribution is 7.26. The van der Waals surface area contributed by atoms with Gasteiger partial charge in [0.15, 0.2) is 0 Å². The summed E-state index contributed by atoms with van der Waals surface area (Å²) in [7, 11) is 0. The first-order chi connectivity index (χ1) is 63.4. The van der Waals surface area contributed by atoms with Crippen molar-refractivity contribution in [2.75, 3.05) is 0 Å². The van der Waals surface area contributed by atoms with Crippen molar-refractivity contribution in [2.45, 2.75) is 0 Å². The van der Waals surface area contributed by atoms with E-state index in [0.717, 1.165) is 122 Å². The van der Waals surface area contributed by atoms with E-state index in [2.05, 4.69) is 429 Å². The minimum Gasteiger partial charge on any atom is -0.309 e. The fourth-order valence-electron chi connectivity index (χ4n) is 21.5. The molecule has 0 atom stereocenters. The summed E-state index contributed by atoms with van der Waals surface area (Å²) in [5, 5.41) is 31.4. The number of rotatable bonds is 10. The van der Waals surface area contributed by atoms with Crippen molar-refractivity contribution in [2.24, 2.45) is 0 Å². The van der Waals surface area contributed by atoms with E-state index in [1.165, 1.54) is 155 Å². The molecule has 0 bridgehead atoms. The van der Waals surface area contributed by atoms with Gasteiger partial charge in [0.25, 0.3) is 0 Å². The Labute approximate surface area is 740 Å². The number of hydrogen-bond acceptors (Lipinski definition) is 4. The topological polar surface area (TPSA) is 43.6 Å². The Balaban J connectivity index is 0.650. The zero-order valence-corrected chi connectivity index (χ0v) is 70.1. The predicted octanol–water partition coefficient (Wildman–Crippen LogP) is 34.2. The molecule has 0 aliphatic heterocycles. The molecule has 0 fully saturated rings. The second-order valence-electron chi connectivity index (χ2n) is 34.3. The lowest BCUT2D eigenvalue weighted by atomic mass is 9.83. The van der Waals surface area contributed by atoms with E-state index in [-0.39, 0.29) is 0 Å². The van der Waals surface area contributed by atoms with Gasteiger partial charge in [0.2, 0.25) is 0 Å². The van der Waals surface area contributed by atoms with Crippen LogP contribution < -0.4 is 0 Å². The van der Waals surface area contributed by atoms with Crippen molar-refractivity contribution in [3.63, 3.8) is 0 Å². The third kappa shape index (κ3) is 11.2. The molecule has 128 heavy (non-hydrogen) atoms. The Morgan fingerprint density at radius 3 is 1.19 bits per heavy atom. The van der Waals surface area contributed by atoms with Gasteiger partial charge in [-0.3, -0.25) is 15.0 Å². The summed E-state index contributed by atoms with van der Waals surface area (Å²) in [6, 6.07) is 157. The fourth-order valence-corrected chi connectivity index (χ4v) is 22.7. The van der Waals surface area contributed by atoms with Gasteiger partial charge in [-0.15, -0.1) is 11.3 Å². The smallest absolute Gasteiger partial charge is 0.0971 e. The molecule has 0 radical (unpaired) electrons. The van der Waals surface area contributed by atoms with Gasteiger partial charge in [0.05, 0.1) is 27.8 Å². The van der Waals surface area contributed by atoms with Crippen LogP contribution in [0.1, 0.15) is 0 Å². The van der Waals surface area contributed by atoms with E-state index in [0.29, 0.717) is 0 Å². The molecule has 0 aliphatic rings. The Bertz CT molecular complexity index is 9410. The maximum absolute atomic E-state index is 5.42. The Morgan fingerprint density at radius 1 is 0.180 bits per heavy atom. The number of thiophene rings is 1. The first-order valence-electron chi connectivity index (χ1n) is 44.0. The maximum atomic E-state index is 5.42. The highest BCUT2D eigenvalue weighted by Crippen LogP contribution is 2.52. The molecule has 4 heterocycles. The van der Waals surface area contributed by atoms with Crippen LogP contribution in [0.25, 0.3) is 277 Å². The largest absolute Gasteiger partial charge is 0.309 e. The van der Waals surface area contributed by atoms with E-state index >= 15 is 0 Å². The zero-order valence-electron chi connectivity index (χ0n) is 69.3. The molecule has 27 rings (SSSR count). The normalized spacial score (nSPS) is 12.1. The van der Waals surface area contributed by atoms with Crippen molar-refractivity contribution in [3.05, 3.63) is 437 Å². The molecule has 5 heteroatoms. The van der Waals surface area contributed by atoms with Crippen molar-refractivity contribution in [3.8, 4) is 106 Å². The highest BCUT2D eigenvalue weighted by Gasteiger charge is 2.25. The van der Waals surface area contributed by atoms with Gasteiger partial charge in [0, 0.05) is 82.5 Å². The van der Waals surface area contributed by atoms with Gasteiger partial charge in [-0.2, -0.15) is 0 Å². The lowest BCUT2D eigenvalue weighted by molar-refractivity contribution is 1.18. The van der Waals surface area contributed by atoms with E-state index in [9.17, 15) is 0 Å². The number of para-hydroxylation sites is 2. The van der Waals surface area contributed by atoms with Crippen molar-refractivity contribution in [1.82, 2.24) is 19.5 Å². The van der Waals surface area contributed by atoms with Crippen molar-refractivity contribution in [1.29, 1.82) is 0 Å². The number of fused-ring (bicyclic) bond motifs is 30. The molecule has 4 aromatic heterocycles. The highest BCUT2D eigenvalue weighted by atomic mass is 32.1. The molecule has 0 amide bonds. The van der Waals surface area contributed by atoms with Crippen LogP contribution in [-0.2, 0) is 0 Å². The van der Waals surface area contributed by atoms with Crippen molar-refractivity contribution >= 4 is 183 Å². The van der Waals surface area contributed by atoms with Crippen LogP contribution in [0, 0.1) is 0 Å². The van der Waals surface area contributed by atoms with E-state index < -0.39 is 0 Å². The molecule has 590 valence electrons. The Kier molecular flexibility index (Phi) is 16.0. The molecule has 27 aromatic rings. The monoisotopic (exact) mass is 1640 g/mol. The van der Waals surface area contributed by atoms with Crippen LogP contribution in [0.4, 0.5) is 0 Å². The summed E-state index contributed by atoms with van der Waals surface area (Å²) >= 11 is 1.89. The quantitative estimate of drug-likeness (QED) is 0.128. The molecule has 0 saturated heterocycles. The van der Waals surface area contributed by atoms with E-state index in [1.54, 1.807) is 12.4 Å². The van der Waals surface area contributed by atoms with Gasteiger partial charge >= 0.3 is 0 Å². The summed E-state index contributed by atoms with van der Waals surface area (Å²) < 4.78 is 4.90. The van der Waals surface area contributed by atoms with Crippen LogP contribution in [0.2, 0.25) is 0 Å². The number of hydrogen-bond donors (Lipinski definition) is 0. The average Bonchev–Trinajstić information content (AvgIpc) is 0.872. The third-order valence-electron chi connectivity index (χ3n) is 27.4. The summed E-state index contributed by atoms with van der Waals surface area (Å²) in [4.78, 5) is 15.2. The molecule has 0 N–H and O–H groups in total. The SMILES string of the molecule is c1ccc(-n2c3ccccc3c3cc(-c4cccc(-c5cc(-c6ccc(-c7cc(-c8ccc9c%10ccccc%10c%10cc(-c%11cccc(-c%12ccc%13c%14ccccc%14c%14nccnc%14c%13c%12)c%11)ccc%10c9c8)cc8c7sc7ccccc78)cc6-c6cccc(-c7cc8c9ccccc9c9ccccc9c8cn7)c6)c6c7ccccc7c7ccccc7c6c5)c4)ccc32)cc1. The number of nitrogens with zero attached hydrogens (tertiary/aromatic N) is 4. The Morgan fingerprint density at radius 2 is 0.555 bits per heavy atom. The van der Waals surface area contributed by atoms with Crippen LogP contribution in [0.5, 0.6) is 0 Å². The molecule has 0 saturated carbocycles. The van der Waals surface area contributed by atoms with Crippen LogP contribution >= 0.6 is 11.3 Å². The van der Waals surface area contributed by atoms with Crippen LogP contribution in [0.15, 0.2) is 437 Å². The summed E-state index contributed by atoms with van der Waals surface area (Å²) in [5.41, 5.74) is 25.6. The second-order valence-corrected chi connectivity index (χ2v) is 35.3. The number of benzene rings is 23. The second kappa shape index (κ2) is 28.5. The fraction of sp³-hybridized carbons (Fsp3) is 0. The standard InChI is InChI=1S/C123H72N4S/c1-2-29-86(30-3-1)127-117-45-18-16-41-101(117)110-64-79(51-56-118(110)127)75-25-21-26-76(60-75)85-68-111-95-39-10-6-33-89(95)91-35-12-14-43-103(91)120(111)112(69-85)99-55-50-82(66-105(99)81-27-22-28-83(61-81)116-71-109-94-38-9-4-31-87(94)88-32-7-11-40-96(88)115(109)72-126-116)106-67-84(70-114-102-42-17-19-46-119(102)128-123(106)114)80-49-52-97-90-34-5-8-37-93(90)107-62-77(48-54-100(107)108(97)63-80)73-23-20-24-74(59-73)78-47-53-98-92-36-13-15-44-104(92)121-122(113(98)65-78)125-58-57-124-121/h1-72H. The maximum Gasteiger partial charge on any atom is 0.0971 e. The van der Waals surface area contributed by atoms with Crippen molar-refractivity contribution < 1.29 is 0 Å². The molecule has 0 aliphatic carbocycles. The Hall–Kier alpha value is -16.6. The van der Waals surface area contributed by atoms with E-state index in [1.807, 2.05) is 11.3 Å². The number of pyridine rings is 1. The van der Waals surface area contributed by atoms with Gasteiger partial charge in [-0.05, 0) is 295 Å². The van der Waals surface area contributed by atoms with Crippen LogP contribution in [0.3, 0.4) is 0 Å². The first-order valence-corrected chi connectivity index (χ1v) is 44.8. The summed E-state index contributed by atoms with van der Waals surface area (Å²) in [6.07, 6.45) is 5.71. The van der Waals surface area contributed by atoms with Crippen LogP contribution in [-0.4, -0.2) is 19.5 Å². The van der Waals surface area contributed by atoms with E-state index in [4.69, 9.17) is 15.0 Å². The zero-order chi connectivity index (χ0) is 83.8. The lowest BCUT2D eigenvalue weighted by Gasteiger charge is -2.20. The average molecular weight is 1640 g/mol. The molecule has 4 nitrogen and oxygen atoms in total. The molecular weight excluding hydrogens is 1570 g/mol. The lowest BCUT2D eigenvalue weighted by Crippen LogP contribution is -1.94.